The maximum atomic E-state index is 11.6. The number of hydrogen-bond acceptors (Lipinski definition) is 2. The normalized spacial score (nSPS) is 41.3. The fraction of sp³-hybridized carbons (Fsp3) is 1.00. The van der Waals surface area contributed by atoms with E-state index in [0.717, 1.165) is 25.8 Å². The maximum absolute atomic E-state index is 11.6. The molecular weight excluding hydrogens is 385 g/mol. The van der Waals surface area contributed by atoms with Gasteiger partial charge in [-0.3, -0.25) is 0 Å². The lowest BCUT2D eigenvalue weighted by Crippen LogP contribution is -2.50. The van der Waals surface area contributed by atoms with Gasteiger partial charge in [-0.25, -0.2) is 0 Å². The molecule has 0 heterocycles. The molecule has 3 heteroatoms. The van der Waals surface area contributed by atoms with E-state index in [1.807, 2.05) is 0 Å². The molecule has 0 spiro atoms. The van der Waals surface area contributed by atoms with Crippen LogP contribution in [-0.2, 0) is 0 Å². The zero-order valence-corrected chi connectivity index (χ0v) is 16.8. The standard InChI is InChI=1S/C19H36INO/c1-15(8-12-20)18(2)10-5-6-16(9-13-21)17-7-3-4-11-19(17,22)14-18/h15-17,22H,3-14,21H2,1-2H3. The van der Waals surface area contributed by atoms with Gasteiger partial charge in [0.25, 0.3) is 0 Å². The van der Waals surface area contributed by atoms with Crippen LogP contribution in [0.1, 0.15) is 78.1 Å². The summed E-state index contributed by atoms with van der Waals surface area (Å²) in [4.78, 5) is 0. The topological polar surface area (TPSA) is 46.2 Å². The number of fused-ring (bicyclic) bond motifs is 1. The van der Waals surface area contributed by atoms with Crippen molar-refractivity contribution in [1.82, 2.24) is 0 Å². The van der Waals surface area contributed by atoms with Crippen molar-refractivity contribution in [3.8, 4) is 0 Å². The summed E-state index contributed by atoms with van der Waals surface area (Å²) in [6.07, 6.45) is 12.0. The molecule has 22 heavy (non-hydrogen) atoms. The van der Waals surface area contributed by atoms with E-state index in [9.17, 15) is 5.11 Å². The molecule has 0 aliphatic heterocycles. The highest BCUT2D eigenvalue weighted by Gasteiger charge is 2.49. The zero-order chi connectivity index (χ0) is 16.2. The van der Waals surface area contributed by atoms with Crippen LogP contribution in [0, 0.1) is 23.2 Å². The first-order chi connectivity index (χ1) is 10.4. The largest absolute Gasteiger partial charge is 0.390 e. The van der Waals surface area contributed by atoms with Crippen molar-refractivity contribution in [3.63, 3.8) is 0 Å². The van der Waals surface area contributed by atoms with Gasteiger partial charge in [-0.15, -0.1) is 0 Å². The van der Waals surface area contributed by atoms with Crippen molar-refractivity contribution in [2.45, 2.75) is 83.7 Å². The van der Waals surface area contributed by atoms with Gasteiger partial charge >= 0.3 is 0 Å². The minimum absolute atomic E-state index is 0.309. The van der Waals surface area contributed by atoms with Crippen molar-refractivity contribution in [2.24, 2.45) is 28.9 Å². The number of aliphatic hydroxyl groups is 1. The SMILES string of the molecule is CC(CCI)C1(C)CCCC(CCN)C2CCCCC2(O)C1. The fourth-order valence-corrected chi connectivity index (χ4v) is 6.33. The van der Waals surface area contributed by atoms with Gasteiger partial charge < -0.3 is 10.8 Å². The number of alkyl halides is 1. The van der Waals surface area contributed by atoms with Gasteiger partial charge in [-0.05, 0) is 72.7 Å². The molecule has 0 aromatic rings. The molecule has 2 fully saturated rings. The molecule has 0 aromatic heterocycles. The molecular formula is C19H36INO. The van der Waals surface area contributed by atoms with E-state index in [4.69, 9.17) is 5.73 Å². The van der Waals surface area contributed by atoms with Crippen molar-refractivity contribution in [3.05, 3.63) is 0 Å². The first-order valence-corrected chi connectivity index (χ1v) is 11.0. The lowest BCUT2D eigenvalue weighted by atomic mass is 9.56. The summed E-state index contributed by atoms with van der Waals surface area (Å²) in [5, 5.41) is 11.6. The second-order valence-electron chi connectivity index (χ2n) is 8.40. The molecule has 3 N–H and O–H groups in total. The van der Waals surface area contributed by atoms with E-state index in [2.05, 4.69) is 36.4 Å². The molecule has 5 unspecified atom stereocenters. The van der Waals surface area contributed by atoms with Crippen LogP contribution in [0.4, 0.5) is 0 Å². The third kappa shape index (κ3) is 4.18. The van der Waals surface area contributed by atoms with Crippen LogP contribution in [0.25, 0.3) is 0 Å². The summed E-state index contributed by atoms with van der Waals surface area (Å²) in [6.45, 7) is 5.65. The van der Waals surface area contributed by atoms with Crippen LogP contribution in [-0.4, -0.2) is 21.7 Å². The minimum Gasteiger partial charge on any atom is -0.390 e. The summed E-state index contributed by atoms with van der Waals surface area (Å²) in [5.41, 5.74) is 5.76. The molecule has 2 rings (SSSR count). The van der Waals surface area contributed by atoms with Gasteiger partial charge in [-0.1, -0.05) is 62.1 Å². The summed E-state index contributed by atoms with van der Waals surface area (Å²) in [7, 11) is 0. The lowest BCUT2D eigenvalue weighted by Gasteiger charge is -2.52. The van der Waals surface area contributed by atoms with Crippen LogP contribution in [0.3, 0.4) is 0 Å². The van der Waals surface area contributed by atoms with E-state index in [1.165, 1.54) is 49.4 Å². The molecule has 5 atom stereocenters. The van der Waals surface area contributed by atoms with Crippen molar-refractivity contribution >= 4 is 22.6 Å². The third-order valence-corrected chi connectivity index (χ3v) is 7.56. The van der Waals surface area contributed by atoms with E-state index in [0.29, 0.717) is 23.2 Å². The van der Waals surface area contributed by atoms with Gasteiger partial charge in [-0.2, -0.15) is 0 Å². The lowest BCUT2D eigenvalue weighted by molar-refractivity contribution is -0.120. The van der Waals surface area contributed by atoms with Crippen LogP contribution in [0.15, 0.2) is 0 Å². The minimum atomic E-state index is -0.424. The summed E-state index contributed by atoms with van der Waals surface area (Å²) >= 11 is 2.50. The van der Waals surface area contributed by atoms with Gasteiger partial charge in [0, 0.05) is 0 Å². The Morgan fingerprint density at radius 1 is 1.23 bits per heavy atom. The highest BCUT2D eigenvalue weighted by molar-refractivity contribution is 14.1. The Labute approximate surface area is 151 Å². The van der Waals surface area contributed by atoms with E-state index in [1.54, 1.807) is 0 Å². The van der Waals surface area contributed by atoms with Crippen molar-refractivity contribution < 1.29 is 5.11 Å². The van der Waals surface area contributed by atoms with Crippen LogP contribution >= 0.6 is 22.6 Å². The summed E-state index contributed by atoms with van der Waals surface area (Å²) in [5.74, 6) is 1.86. The smallest absolute Gasteiger partial charge is 0.0683 e. The highest BCUT2D eigenvalue weighted by Crippen LogP contribution is 2.53. The average Bonchev–Trinajstić information content (AvgIpc) is 2.45. The molecule has 2 aliphatic carbocycles. The van der Waals surface area contributed by atoms with Gasteiger partial charge in [0.2, 0.25) is 0 Å². The molecule has 2 nitrogen and oxygen atoms in total. The molecule has 130 valence electrons. The second kappa shape index (κ2) is 8.15. The Morgan fingerprint density at radius 2 is 2.00 bits per heavy atom. The second-order valence-corrected chi connectivity index (χ2v) is 9.47. The molecule has 2 aliphatic rings. The fourth-order valence-electron chi connectivity index (χ4n) is 5.39. The first kappa shape index (κ1) is 19.0. The van der Waals surface area contributed by atoms with E-state index >= 15 is 0 Å². The monoisotopic (exact) mass is 421 g/mol. The Bertz CT molecular complexity index is 350. The summed E-state index contributed by atoms with van der Waals surface area (Å²) < 4.78 is 1.23. The predicted molar refractivity (Wildman–Crippen MR) is 103 cm³/mol. The zero-order valence-electron chi connectivity index (χ0n) is 14.6. The van der Waals surface area contributed by atoms with Gasteiger partial charge in [0.15, 0.2) is 0 Å². The molecule has 0 amide bonds. The van der Waals surface area contributed by atoms with E-state index in [-0.39, 0.29) is 0 Å². The molecule has 0 saturated heterocycles. The Hall–Kier alpha value is 0.650. The third-order valence-electron chi connectivity index (χ3n) is 6.94. The van der Waals surface area contributed by atoms with Crippen molar-refractivity contribution in [2.75, 3.05) is 11.0 Å². The highest BCUT2D eigenvalue weighted by atomic mass is 127. The number of nitrogens with two attached hydrogens (primary N) is 1. The predicted octanol–water partition coefficient (Wildman–Crippen LogP) is 4.91. The molecule has 0 bridgehead atoms. The molecule has 0 aromatic carbocycles. The first-order valence-electron chi connectivity index (χ1n) is 9.43. The number of hydrogen-bond donors (Lipinski definition) is 2. The van der Waals surface area contributed by atoms with Crippen LogP contribution in [0.2, 0.25) is 0 Å². The molecule has 2 saturated carbocycles. The average molecular weight is 421 g/mol. The molecule has 0 radical (unpaired) electrons. The van der Waals surface area contributed by atoms with Gasteiger partial charge in [0.05, 0.1) is 5.60 Å². The van der Waals surface area contributed by atoms with Gasteiger partial charge in [0.1, 0.15) is 0 Å². The Morgan fingerprint density at radius 3 is 2.68 bits per heavy atom. The van der Waals surface area contributed by atoms with Crippen molar-refractivity contribution in [1.29, 1.82) is 0 Å². The number of rotatable bonds is 5. The summed E-state index contributed by atoms with van der Waals surface area (Å²) in [6, 6.07) is 0. The number of halogens is 1. The Balaban J connectivity index is 2.22. The van der Waals surface area contributed by atoms with Crippen LogP contribution < -0.4 is 5.73 Å². The van der Waals surface area contributed by atoms with E-state index < -0.39 is 5.60 Å². The maximum Gasteiger partial charge on any atom is 0.0683 e. The Kier molecular flexibility index (Phi) is 7.03. The quantitative estimate of drug-likeness (QED) is 0.489. The van der Waals surface area contributed by atoms with Crippen LogP contribution in [0.5, 0.6) is 0 Å².